The smallest absolute Gasteiger partial charge is 0.259 e. The number of rotatable bonds is 2. The quantitative estimate of drug-likeness (QED) is 0.897. The summed E-state index contributed by atoms with van der Waals surface area (Å²) < 4.78 is 0. The Bertz CT molecular complexity index is 623. The van der Waals surface area contributed by atoms with Crippen molar-refractivity contribution in [3.63, 3.8) is 0 Å². The first kappa shape index (κ1) is 13.1. The number of carbonyl (C=O) groups is 1. The van der Waals surface area contributed by atoms with Gasteiger partial charge < -0.3 is 10.6 Å². The number of hydrogen-bond donors (Lipinski definition) is 1. The van der Waals surface area contributed by atoms with Crippen LogP contribution >= 0.6 is 0 Å². The van der Waals surface area contributed by atoms with Crippen molar-refractivity contribution >= 4 is 17.3 Å². The Morgan fingerprint density at radius 1 is 1.26 bits per heavy atom. The van der Waals surface area contributed by atoms with Crippen molar-refractivity contribution in [2.45, 2.75) is 13.8 Å². The topological polar surface area (TPSA) is 59.2 Å². The molecule has 0 saturated carbocycles. The fourth-order valence-electron chi connectivity index (χ4n) is 1.90. The number of nitrogen functional groups attached to an aromatic ring is 1. The summed E-state index contributed by atoms with van der Waals surface area (Å²) in [5, 5.41) is 0. The third-order valence-electron chi connectivity index (χ3n) is 3.03. The van der Waals surface area contributed by atoms with Crippen molar-refractivity contribution in [3.05, 3.63) is 53.3 Å². The van der Waals surface area contributed by atoms with Gasteiger partial charge in [0.15, 0.2) is 0 Å². The summed E-state index contributed by atoms with van der Waals surface area (Å²) in [6.45, 7) is 3.80. The van der Waals surface area contributed by atoms with Gasteiger partial charge in [0.05, 0.1) is 23.1 Å². The fraction of sp³-hybridized carbons (Fsp3) is 0.200. The molecule has 0 radical (unpaired) electrons. The van der Waals surface area contributed by atoms with Crippen LogP contribution < -0.4 is 10.6 Å². The number of carbonyl (C=O) groups excluding carboxylic acids is 1. The summed E-state index contributed by atoms with van der Waals surface area (Å²) in [4.78, 5) is 18.2. The second-order valence-electron chi connectivity index (χ2n) is 4.60. The first-order valence-corrected chi connectivity index (χ1v) is 6.06. The Kier molecular flexibility index (Phi) is 3.51. The maximum absolute atomic E-state index is 12.5. The predicted octanol–water partition coefficient (Wildman–Crippen LogP) is 2.56. The molecular weight excluding hydrogens is 238 g/mol. The number of nitrogens with zero attached hydrogens (tertiary/aromatic N) is 2. The zero-order valence-corrected chi connectivity index (χ0v) is 11.3. The summed E-state index contributed by atoms with van der Waals surface area (Å²) >= 11 is 0. The van der Waals surface area contributed by atoms with E-state index in [1.165, 1.54) is 0 Å². The van der Waals surface area contributed by atoms with Gasteiger partial charge in [0, 0.05) is 12.7 Å². The monoisotopic (exact) mass is 255 g/mol. The molecular formula is C15H17N3O. The van der Waals surface area contributed by atoms with Crippen LogP contribution in [0.15, 0.2) is 36.5 Å². The minimum Gasteiger partial charge on any atom is -0.397 e. The molecule has 1 aromatic carbocycles. The molecule has 1 heterocycles. The molecule has 0 aliphatic heterocycles. The Morgan fingerprint density at radius 3 is 2.68 bits per heavy atom. The molecule has 2 rings (SSSR count). The van der Waals surface area contributed by atoms with E-state index >= 15 is 0 Å². The van der Waals surface area contributed by atoms with E-state index < -0.39 is 0 Å². The number of nitrogens with two attached hydrogens (primary N) is 1. The van der Waals surface area contributed by atoms with Crippen molar-refractivity contribution in [1.82, 2.24) is 4.98 Å². The van der Waals surface area contributed by atoms with Gasteiger partial charge in [-0.15, -0.1) is 0 Å². The normalized spacial score (nSPS) is 10.3. The molecule has 4 nitrogen and oxygen atoms in total. The number of aromatic nitrogens is 1. The second kappa shape index (κ2) is 5.10. The fourth-order valence-corrected chi connectivity index (χ4v) is 1.90. The zero-order valence-electron chi connectivity index (χ0n) is 11.3. The molecule has 4 heteroatoms. The first-order chi connectivity index (χ1) is 8.99. The number of amides is 1. The molecule has 0 atom stereocenters. The first-order valence-electron chi connectivity index (χ1n) is 6.06. The molecule has 0 unspecified atom stereocenters. The lowest BCUT2D eigenvalue weighted by atomic mass is 10.1. The van der Waals surface area contributed by atoms with Crippen LogP contribution in [-0.2, 0) is 0 Å². The molecule has 1 aromatic heterocycles. The molecule has 0 fully saturated rings. The minimum atomic E-state index is -0.108. The van der Waals surface area contributed by atoms with Gasteiger partial charge in [-0.25, -0.2) is 0 Å². The van der Waals surface area contributed by atoms with Gasteiger partial charge in [-0.05, 0) is 37.6 Å². The molecule has 1 amide bonds. The summed E-state index contributed by atoms with van der Waals surface area (Å²) in [6.07, 6.45) is 1.55. The van der Waals surface area contributed by atoms with E-state index in [4.69, 9.17) is 5.73 Å². The standard InChI is InChI=1S/C15H17N3O/c1-10-5-4-6-13(7-10)18(3)15(19)14-8-12(16)9-17-11(14)2/h4-9H,16H2,1-3H3. The molecule has 2 N–H and O–H groups in total. The average Bonchev–Trinajstić information content (AvgIpc) is 2.40. The number of hydrogen-bond acceptors (Lipinski definition) is 3. The van der Waals surface area contributed by atoms with Gasteiger partial charge in [-0.1, -0.05) is 12.1 Å². The Balaban J connectivity index is 2.36. The lowest BCUT2D eigenvalue weighted by Gasteiger charge is -2.18. The van der Waals surface area contributed by atoms with Crippen LogP contribution in [0, 0.1) is 13.8 Å². The molecule has 2 aromatic rings. The van der Waals surface area contributed by atoms with Crippen LogP contribution in [0.5, 0.6) is 0 Å². The van der Waals surface area contributed by atoms with Crippen molar-refractivity contribution in [3.8, 4) is 0 Å². The van der Waals surface area contributed by atoms with E-state index in [-0.39, 0.29) is 5.91 Å². The Labute approximate surface area is 112 Å². The highest BCUT2D eigenvalue weighted by Gasteiger charge is 2.16. The third-order valence-corrected chi connectivity index (χ3v) is 3.03. The van der Waals surface area contributed by atoms with Crippen molar-refractivity contribution in [1.29, 1.82) is 0 Å². The largest absolute Gasteiger partial charge is 0.397 e. The number of anilines is 2. The van der Waals surface area contributed by atoms with Crippen molar-refractivity contribution < 1.29 is 4.79 Å². The van der Waals surface area contributed by atoms with Gasteiger partial charge in [0.2, 0.25) is 0 Å². The van der Waals surface area contributed by atoms with E-state index in [1.807, 2.05) is 31.2 Å². The van der Waals surface area contributed by atoms with Gasteiger partial charge in [0.25, 0.3) is 5.91 Å². The summed E-state index contributed by atoms with van der Waals surface area (Å²) in [7, 11) is 1.75. The van der Waals surface area contributed by atoms with E-state index in [9.17, 15) is 4.79 Å². The van der Waals surface area contributed by atoms with E-state index in [0.29, 0.717) is 16.9 Å². The lowest BCUT2D eigenvalue weighted by Crippen LogP contribution is -2.27. The zero-order chi connectivity index (χ0) is 14.0. The Hall–Kier alpha value is -2.36. The lowest BCUT2D eigenvalue weighted by molar-refractivity contribution is 0.0992. The molecule has 0 aliphatic rings. The molecule has 0 bridgehead atoms. The molecule has 0 saturated heterocycles. The average molecular weight is 255 g/mol. The van der Waals surface area contributed by atoms with Crippen LogP contribution in [0.2, 0.25) is 0 Å². The number of aryl methyl sites for hydroxylation is 2. The maximum atomic E-state index is 12.5. The minimum absolute atomic E-state index is 0.108. The highest BCUT2D eigenvalue weighted by atomic mass is 16.2. The molecule has 0 spiro atoms. The van der Waals surface area contributed by atoms with E-state index in [0.717, 1.165) is 11.3 Å². The highest BCUT2D eigenvalue weighted by molar-refractivity contribution is 6.06. The summed E-state index contributed by atoms with van der Waals surface area (Å²) in [6, 6.07) is 9.46. The third kappa shape index (κ3) is 2.73. The van der Waals surface area contributed by atoms with Gasteiger partial charge in [-0.3, -0.25) is 9.78 Å². The Morgan fingerprint density at radius 2 is 2.00 bits per heavy atom. The maximum Gasteiger partial charge on any atom is 0.259 e. The van der Waals surface area contributed by atoms with Crippen LogP contribution in [0.4, 0.5) is 11.4 Å². The van der Waals surface area contributed by atoms with E-state index in [1.54, 1.807) is 31.1 Å². The van der Waals surface area contributed by atoms with Gasteiger partial charge in [-0.2, -0.15) is 0 Å². The number of benzene rings is 1. The molecule has 0 aliphatic carbocycles. The molecule has 19 heavy (non-hydrogen) atoms. The van der Waals surface area contributed by atoms with Crippen LogP contribution in [0.25, 0.3) is 0 Å². The van der Waals surface area contributed by atoms with Crippen LogP contribution in [0.1, 0.15) is 21.6 Å². The summed E-state index contributed by atoms with van der Waals surface area (Å²) in [5.41, 5.74) is 9.36. The van der Waals surface area contributed by atoms with Gasteiger partial charge >= 0.3 is 0 Å². The second-order valence-corrected chi connectivity index (χ2v) is 4.60. The van der Waals surface area contributed by atoms with Crippen molar-refractivity contribution in [2.24, 2.45) is 0 Å². The molecule has 98 valence electrons. The summed E-state index contributed by atoms with van der Waals surface area (Å²) in [5.74, 6) is -0.108. The SMILES string of the molecule is Cc1cccc(N(C)C(=O)c2cc(N)cnc2C)c1. The number of pyridine rings is 1. The van der Waals surface area contributed by atoms with E-state index in [2.05, 4.69) is 4.98 Å². The van der Waals surface area contributed by atoms with Gasteiger partial charge in [0.1, 0.15) is 0 Å². The predicted molar refractivity (Wildman–Crippen MR) is 77.3 cm³/mol. The van der Waals surface area contributed by atoms with Crippen LogP contribution in [-0.4, -0.2) is 17.9 Å². The van der Waals surface area contributed by atoms with Crippen LogP contribution in [0.3, 0.4) is 0 Å². The highest BCUT2D eigenvalue weighted by Crippen LogP contribution is 2.19. The van der Waals surface area contributed by atoms with Crippen molar-refractivity contribution in [2.75, 3.05) is 17.7 Å².